The predicted octanol–water partition coefficient (Wildman–Crippen LogP) is 2.76. The highest BCUT2D eigenvalue weighted by Gasteiger charge is 2.18. The molecule has 1 heterocycles. The zero-order valence-corrected chi connectivity index (χ0v) is 11.7. The summed E-state index contributed by atoms with van der Waals surface area (Å²) in [5.41, 5.74) is 4.16. The fourth-order valence-electron chi connectivity index (χ4n) is 2.33. The lowest BCUT2D eigenvalue weighted by Crippen LogP contribution is -2.06. The van der Waals surface area contributed by atoms with Gasteiger partial charge < -0.3 is 5.11 Å². The molecule has 0 aliphatic heterocycles. The van der Waals surface area contributed by atoms with Crippen LogP contribution < -0.4 is 0 Å². The average Bonchev–Trinajstić information content (AvgIpc) is 2.59. The highest BCUT2D eigenvalue weighted by Crippen LogP contribution is 2.25. The molecular formula is C15H19FN2O. The lowest BCUT2D eigenvalue weighted by molar-refractivity contribution is 0.173. The van der Waals surface area contributed by atoms with Crippen molar-refractivity contribution in [3.05, 3.63) is 52.1 Å². The minimum atomic E-state index is -0.846. The number of halogens is 1. The van der Waals surface area contributed by atoms with Crippen molar-refractivity contribution in [2.45, 2.75) is 33.3 Å². The lowest BCUT2D eigenvalue weighted by Gasteiger charge is -2.13. The first-order valence-electron chi connectivity index (χ1n) is 6.33. The Balaban J connectivity index is 2.30. The van der Waals surface area contributed by atoms with Gasteiger partial charge in [0, 0.05) is 24.7 Å². The van der Waals surface area contributed by atoms with E-state index in [2.05, 4.69) is 5.10 Å². The summed E-state index contributed by atoms with van der Waals surface area (Å²) in [6, 6.07) is 4.80. The standard InChI is InChI=1S/C15H19FN2O/c1-9-5-6-14(16)13(7-9)15(19)8-12-10(2)17-18(4)11(12)3/h5-7,15,19H,8H2,1-4H3. The molecule has 0 fully saturated rings. The molecule has 0 saturated heterocycles. The Morgan fingerprint density at radius 3 is 2.58 bits per heavy atom. The van der Waals surface area contributed by atoms with Crippen LogP contribution in [0, 0.1) is 26.6 Å². The Morgan fingerprint density at radius 1 is 1.32 bits per heavy atom. The van der Waals surface area contributed by atoms with E-state index < -0.39 is 6.10 Å². The number of aromatic nitrogens is 2. The zero-order valence-electron chi connectivity index (χ0n) is 11.7. The summed E-state index contributed by atoms with van der Waals surface area (Å²) in [5, 5.41) is 14.6. The highest BCUT2D eigenvalue weighted by molar-refractivity contribution is 5.30. The number of nitrogens with zero attached hydrogens (tertiary/aromatic N) is 2. The molecule has 1 N–H and O–H groups in total. The van der Waals surface area contributed by atoms with Gasteiger partial charge in [0.15, 0.2) is 0 Å². The van der Waals surface area contributed by atoms with Crippen molar-refractivity contribution in [2.24, 2.45) is 7.05 Å². The Kier molecular flexibility index (Phi) is 3.71. The minimum Gasteiger partial charge on any atom is -0.388 e. The molecule has 102 valence electrons. The second-order valence-electron chi connectivity index (χ2n) is 5.02. The van der Waals surface area contributed by atoms with E-state index in [1.54, 1.807) is 16.8 Å². The minimum absolute atomic E-state index is 0.350. The number of benzene rings is 1. The lowest BCUT2D eigenvalue weighted by atomic mass is 9.98. The molecule has 0 spiro atoms. The van der Waals surface area contributed by atoms with E-state index in [0.717, 1.165) is 22.5 Å². The topological polar surface area (TPSA) is 38.1 Å². The number of aliphatic hydroxyl groups is 1. The van der Waals surface area contributed by atoms with E-state index in [1.807, 2.05) is 27.8 Å². The summed E-state index contributed by atoms with van der Waals surface area (Å²) in [6.07, 6.45) is -0.465. The average molecular weight is 262 g/mol. The van der Waals surface area contributed by atoms with Crippen molar-refractivity contribution < 1.29 is 9.50 Å². The third kappa shape index (κ3) is 2.68. The number of aliphatic hydroxyl groups excluding tert-OH is 1. The largest absolute Gasteiger partial charge is 0.388 e. The van der Waals surface area contributed by atoms with Crippen molar-refractivity contribution in [3.63, 3.8) is 0 Å². The van der Waals surface area contributed by atoms with E-state index in [4.69, 9.17) is 0 Å². The molecule has 0 bridgehead atoms. The van der Waals surface area contributed by atoms with Gasteiger partial charge >= 0.3 is 0 Å². The van der Waals surface area contributed by atoms with Crippen molar-refractivity contribution in [2.75, 3.05) is 0 Å². The van der Waals surface area contributed by atoms with E-state index in [1.165, 1.54) is 6.07 Å². The maximum Gasteiger partial charge on any atom is 0.129 e. The Hall–Kier alpha value is -1.68. The maximum absolute atomic E-state index is 13.7. The van der Waals surface area contributed by atoms with Gasteiger partial charge in [-0.15, -0.1) is 0 Å². The van der Waals surface area contributed by atoms with E-state index in [0.29, 0.717) is 12.0 Å². The number of aryl methyl sites for hydroxylation is 3. The van der Waals surface area contributed by atoms with Gasteiger partial charge in [-0.2, -0.15) is 5.10 Å². The van der Waals surface area contributed by atoms with Crippen LogP contribution in [0.5, 0.6) is 0 Å². The van der Waals surface area contributed by atoms with Crippen LogP contribution in [0.1, 0.15) is 34.2 Å². The Bertz CT molecular complexity index is 604. The molecule has 1 aromatic carbocycles. The highest BCUT2D eigenvalue weighted by atomic mass is 19.1. The Morgan fingerprint density at radius 2 is 2.00 bits per heavy atom. The van der Waals surface area contributed by atoms with Gasteiger partial charge in [-0.3, -0.25) is 4.68 Å². The molecule has 0 amide bonds. The molecule has 1 atom stereocenters. The number of rotatable bonds is 3. The fourth-order valence-corrected chi connectivity index (χ4v) is 2.33. The van der Waals surface area contributed by atoms with Gasteiger partial charge in [0.2, 0.25) is 0 Å². The molecule has 1 aromatic heterocycles. The molecule has 4 heteroatoms. The fraction of sp³-hybridized carbons (Fsp3) is 0.400. The molecule has 0 radical (unpaired) electrons. The molecule has 1 unspecified atom stereocenters. The van der Waals surface area contributed by atoms with Crippen LogP contribution in [-0.2, 0) is 13.5 Å². The summed E-state index contributed by atoms with van der Waals surface area (Å²) < 4.78 is 15.5. The summed E-state index contributed by atoms with van der Waals surface area (Å²) >= 11 is 0. The Labute approximate surface area is 112 Å². The van der Waals surface area contributed by atoms with Crippen molar-refractivity contribution in [1.82, 2.24) is 9.78 Å². The molecule has 2 aromatic rings. The van der Waals surface area contributed by atoms with Crippen LogP contribution >= 0.6 is 0 Å². The van der Waals surface area contributed by atoms with Crippen molar-refractivity contribution in [1.29, 1.82) is 0 Å². The summed E-state index contributed by atoms with van der Waals surface area (Å²) in [4.78, 5) is 0. The predicted molar refractivity (Wildman–Crippen MR) is 72.5 cm³/mol. The van der Waals surface area contributed by atoms with Gasteiger partial charge in [-0.1, -0.05) is 17.7 Å². The molecule has 0 aliphatic rings. The van der Waals surface area contributed by atoms with Gasteiger partial charge in [0.25, 0.3) is 0 Å². The van der Waals surface area contributed by atoms with E-state index in [-0.39, 0.29) is 5.82 Å². The van der Waals surface area contributed by atoms with Crippen LogP contribution in [0.4, 0.5) is 4.39 Å². The molecule has 0 aliphatic carbocycles. The SMILES string of the molecule is Cc1ccc(F)c(C(O)Cc2c(C)nn(C)c2C)c1. The summed E-state index contributed by atoms with van der Waals surface area (Å²) in [6.45, 7) is 5.74. The van der Waals surface area contributed by atoms with Crippen molar-refractivity contribution >= 4 is 0 Å². The quantitative estimate of drug-likeness (QED) is 0.923. The van der Waals surface area contributed by atoms with Gasteiger partial charge in [-0.05, 0) is 32.4 Å². The maximum atomic E-state index is 13.7. The number of hydrogen-bond donors (Lipinski definition) is 1. The summed E-state index contributed by atoms with van der Waals surface area (Å²) in [5.74, 6) is -0.364. The van der Waals surface area contributed by atoms with Crippen LogP contribution in [0.25, 0.3) is 0 Å². The van der Waals surface area contributed by atoms with Gasteiger partial charge in [0.05, 0.1) is 11.8 Å². The molecule has 0 saturated carbocycles. The third-order valence-electron chi connectivity index (χ3n) is 3.57. The smallest absolute Gasteiger partial charge is 0.129 e. The molecule has 3 nitrogen and oxygen atoms in total. The van der Waals surface area contributed by atoms with Crippen LogP contribution in [-0.4, -0.2) is 14.9 Å². The first-order valence-corrected chi connectivity index (χ1v) is 6.33. The van der Waals surface area contributed by atoms with Crippen LogP contribution in [0.2, 0.25) is 0 Å². The van der Waals surface area contributed by atoms with Gasteiger partial charge in [0.1, 0.15) is 5.82 Å². The zero-order chi connectivity index (χ0) is 14.2. The third-order valence-corrected chi connectivity index (χ3v) is 3.57. The van der Waals surface area contributed by atoms with E-state index in [9.17, 15) is 9.50 Å². The first-order chi connectivity index (χ1) is 8.90. The van der Waals surface area contributed by atoms with Gasteiger partial charge in [-0.25, -0.2) is 4.39 Å². The monoisotopic (exact) mass is 262 g/mol. The second kappa shape index (κ2) is 5.13. The molecule has 19 heavy (non-hydrogen) atoms. The van der Waals surface area contributed by atoms with Crippen molar-refractivity contribution in [3.8, 4) is 0 Å². The first kappa shape index (κ1) is 13.7. The van der Waals surface area contributed by atoms with Crippen LogP contribution in [0.15, 0.2) is 18.2 Å². The van der Waals surface area contributed by atoms with Crippen LogP contribution in [0.3, 0.4) is 0 Å². The second-order valence-corrected chi connectivity index (χ2v) is 5.02. The van der Waals surface area contributed by atoms with E-state index >= 15 is 0 Å². The summed E-state index contributed by atoms with van der Waals surface area (Å²) in [7, 11) is 1.87. The molecule has 2 rings (SSSR count). The normalized spacial score (nSPS) is 12.7. The molecular weight excluding hydrogens is 243 g/mol. The number of hydrogen-bond acceptors (Lipinski definition) is 2.